The summed E-state index contributed by atoms with van der Waals surface area (Å²) in [7, 11) is 3.24. The Bertz CT molecular complexity index is 471. The number of carbonyl (C=O) groups excluding carboxylic acids is 2. The number of rotatable bonds is 1. The van der Waals surface area contributed by atoms with Crippen molar-refractivity contribution in [3.63, 3.8) is 0 Å². The third kappa shape index (κ3) is 2.22. The van der Waals surface area contributed by atoms with Gasteiger partial charge in [0.1, 0.15) is 0 Å². The van der Waals surface area contributed by atoms with E-state index in [-0.39, 0.29) is 11.9 Å². The molecule has 5 nitrogen and oxygen atoms in total. The van der Waals surface area contributed by atoms with Gasteiger partial charge in [0.25, 0.3) is 0 Å². The van der Waals surface area contributed by atoms with Gasteiger partial charge in [-0.2, -0.15) is 0 Å². The van der Waals surface area contributed by atoms with Crippen molar-refractivity contribution < 1.29 is 14.3 Å². The maximum atomic E-state index is 11.4. The molecule has 1 N–H and O–H groups in total. The zero-order chi connectivity index (χ0) is 12.4. The summed E-state index contributed by atoms with van der Waals surface area (Å²) in [5.41, 5.74) is 2.04. The van der Waals surface area contributed by atoms with Crippen molar-refractivity contribution in [1.82, 2.24) is 0 Å². The summed E-state index contributed by atoms with van der Waals surface area (Å²) in [5.74, 6) is -0.391. The van der Waals surface area contributed by atoms with Crippen molar-refractivity contribution in [2.45, 2.75) is 6.42 Å². The summed E-state index contributed by atoms with van der Waals surface area (Å²) < 4.78 is 4.67. The van der Waals surface area contributed by atoms with E-state index < -0.39 is 0 Å². The highest BCUT2D eigenvalue weighted by molar-refractivity contribution is 5.98. The number of hydrogen-bond acceptors (Lipinski definition) is 4. The lowest BCUT2D eigenvalue weighted by Gasteiger charge is -2.18. The fourth-order valence-electron chi connectivity index (χ4n) is 1.80. The van der Waals surface area contributed by atoms with E-state index in [1.165, 1.54) is 7.11 Å². The molecule has 1 aromatic rings. The Hall–Kier alpha value is -2.04. The van der Waals surface area contributed by atoms with Gasteiger partial charge in [-0.15, -0.1) is 0 Å². The predicted molar refractivity (Wildman–Crippen MR) is 64.3 cm³/mol. The maximum Gasteiger partial charge on any atom is 0.337 e. The molecule has 2 rings (SSSR count). The van der Waals surface area contributed by atoms with Crippen molar-refractivity contribution in [3.8, 4) is 0 Å². The molecule has 0 unspecified atom stereocenters. The average molecular weight is 234 g/mol. The molecule has 0 aromatic heterocycles. The van der Waals surface area contributed by atoms with E-state index in [0.29, 0.717) is 18.5 Å². The topological polar surface area (TPSA) is 58.6 Å². The molecular formula is C12H14N2O3. The molecule has 0 saturated carbocycles. The van der Waals surface area contributed by atoms with Crippen LogP contribution in [0.5, 0.6) is 0 Å². The van der Waals surface area contributed by atoms with E-state index in [9.17, 15) is 9.59 Å². The molecule has 0 atom stereocenters. The summed E-state index contributed by atoms with van der Waals surface area (Å²) in [6, 6.07) is 5.10. The van der Waals surface area contributed by atoms with Crippen LogP contribution in [0.3, 0.4) is 0 Å². The second-order valence-electron chi connectivity index (χ2n) is 3.94. The minimum atomic E-state index is -0.378. The molecule has 0 bridgehead atoms. The zero-order valence-electron chi connectivity index (χ0n) is 9.82. The third-order valence-corrected chi connectivity index (χ3v) is 2.78. The number of ether oxygens (including phenoxy) is 1. The largest absolute Gasteiger partial charge is 0.465 e. The lowest BCUT2D eigenvalue weighted by Crippen LogP contribution is -2.19. The summed E-state index contributed by atoms with van der Waals surface area (Å²) >= 11 is 0. The van der Waals surface area contributed by atoms with Crippen LogP contribution in [0.4, 0.5) is 11.4 Å². The van der Waals surface area contributed by atoms with Crippen molar-refractivity contribution in [3.05, 3.63) is 23.8 Å². The minimum absolute atomic E-state index is 0.0126. The lowest BCUT2D eigenvalue weighted by molar-refractivity contribution is -0.115. The number of hydrogen-bond donors (Lipinski definition) is 1. The van der Waals surface area contributed by atoms with E-state index >= 15 is 0 Å². The normalized spacial score (nSPS) is 14.7. The minimum Gasteiger partial charge on any atom is -0.465 e. The Morgan fingerprint density at radius 3 is 2.94 bits per heavy atom. The van der Waals surface area contributed by atoms with Crippen LogP contribution in [0.15, 0.2) is 18.2 Å². The highest BCUT2D eigenvalue weighted by Gasteiger charge is 2.18. The fraction of sp³-hybridized carbons (Fsp3) is 0.333. The molecule has 1 aliphatic rings. The molecular weight excluding hydrogens is 220 g/mol. The summed E-state index contributed by atoms with van der Waals surface area (Å²) in [6.45, 7) is 0.628. The highest BCUT2D eigenvalue weighted by Crippen LogP contribution is 2.29. The number of methoxy groups -OCH3 is 1. The van der Waals surface area contributed by atoms with Crippen molar-refractivity contribution in [2.24, 2.45) is 0 Å². The summed E-state index contributed by atoms with van der Waals surface area (Å²) in [5, 5.41) is 2.80. The first-order valence-corrected chi connectivity index (χ1v) is 5.35. The molecule has 1 aliphatic heterocycles. The van der Waals surface area contributed by atoms with Crippen LogP contribution in [0.25, 0.3) is 0 Å². The smallest absolute Gasteiger partial charge is 0.337 e. The van der Waals surface area contributed by atoms with Gasteiger partial charge in [0, 0.05) is 20.0 Å². The third-order valence-electron chi connectivity index (χ3n) is 2.78. The molecule has 0 radical (unpaired) electrons. The van der Waals surface area contributed by atoms with Gasteiger partial charge in [-0.3, -0.25) is 4.79 Å². The standard InChI is InChI=1S/C12H14N2O3/c1-14-6-5-11(15)13-9-4-3-8(7-10(9)14)12(16)17-2/h3-4,7H,5-6H2,1-2H3,(H,13,15). The number of amides is 1. The first-order valence-electron chi connectivity index (χ1n) is 5.35. The van der Waals surface area contributed by atoms with Crippen LogP contribution in [0, 0.1) is 0 Å². The molecule has 0 aliphatic carbocycles. The van der Waals surface area contributed by atoms with Crippen molar-refractivity contribution >= 4 is 23.3 Å². The van der Waals surface area contributed by atoms with E-state index in [0.717, 1.165) is 11.4 Å². The number of carbonyl (C=O) groups is 2. The number of esters is 1. The van der Waals surface area contributed by atoms with Crippen LogP contribution >= 0.6 is 0 Å². The Morgan fingerprint density at radius 2 is 2.24 bits per heavy atom. The van der Waals surface area contributed by atoms with Gasteiger partial charge in [0.2, 0.25) is 5.91 Å². The molecule has 0 fully saturated rings. The van der Waals surface area contributed by atoms with Gasteiger partial charge in [-0.05, 0) is 18.2 Å². The monoisotopic (exact) mass is 234 g/mol. The van der Waals surface area contributed by atoms with E-state index in [2.05, 4.69) is 10.1 Å². The molecule has 17 heavy (non-hydrogen) atoms. The van der Waals surface area contributed by atoms with Crippen molar-refractivity contribution in [1.29, 1.82) is 0 Å². The fourth-order valence-corrected chi connectivity index (χ4v) is 1.80. The molecule has 0 saturated heterocycles. The van der Waals surface area contributed by atoms with E-state index in [1.54, 1.807) is 18.2 Å². The van der Waals surface area contributed by atoms with E-state index in [1.807, 2.05) is 11.9 Å². The lowest BCUT2D eigenvalue weighted by atomic mass is 10.1. The molecule has 0 spiro atoms. The first kappa shape index (κ1) is 11.4. The van der Waals surface area contributed by atoms with Crippen LogP contribution < -0.4 is 10.2 Å². The average Bonchev–Trinajstić information content (AvgIpc) is 2.48. The second kappa shape index (κ2) is 4.45. The van der Waals surface area contributed by atoms with Gasteiger partial charge >= 0.3 is 5.97 Å². The first-order chi connectivity index (χ1) is 8.11. The number of nitrogens with zero attached hydrogens (tertiary/aromatic N) is 1. The zero-order valence-corrected chi connectivity index (χ0v) is 9.82. The molecule has 1 heterocycles. The van der Waals surface area contributed by atoms with Gasteiger partial charge in [0.05, 0.1) is 24.0 Å². The van der Waals surface area contributed by atoms with Crippen molar-refractivity contribution in [2.75, 3.05) is 30.9 Å². The quantitative estimate of drug-likeness (QED) is 0.743. The number of fused-ring (bicyclic) bond motifs is 1. The Kier molecular flexibility index (Phi) is 2.99. The maximum absolute atomic E-state index is 11.4. The molecule has 90 valence electrons. The Balaban J connectivity index is 2.42. The van der Waals surface area contributed by atoms with Gasteiger partial charge in [-0.25, -0.2) is 4.79 Å². The van der Waals surface area contributed by atoms with E-state index in [4.69, 9.17) is 0 Å². The van der Waals surface area contributed by atoms with Gasteiger partial charge < -0.3 is 15.0 Å². The molecule has 1 amide bonds. The summed E-state index contributed by atoms with van der Waals surface area (Å²) in [6.07, 6.45) is 0.443. The van der Waals surface area contributed by atoms with Crippen LogP contribution in [0.2, 0.25) is 0 Å². The Morgan fingerprint density at radius 1 is 1.47 bits per heavy atom. The molecule has 1 aromatic carbocycles. The van der Waals surface area contributed by atoms with Crippen LogP contribution in [-0.4, -0.2) is 32.6 Å². The summed E-state index contributed by atoms with van der Waals surface area (Å²) in [4.78, 5) is 24.8. The highest BCUT2D eigenvalue weighted by atomic mass is 16.5. The SMILES string of the molecule is COC(=O)c1ccc2c(c1)N(C)CCC(=O)N2. The number of anilines is 2. The predicted octanol–water partition coefficient (Wildman–Crippen LogP) is 1.25. The second-order valence-corrected chi connectivity index (χ2v) is 3.94. The number of benzene rings is 1. The van der Waals surface area contributed by atoms with Crippen LogP contribution in [-0.2, 0) is 9.53 Å². The number of nitrogens with one attached hydrogen (secondary N) is 1. The Labute approximate surface area is 99.4 Å². The van der Waals surface area contributed by atoms with Gasteiger partial charge in [-0.1, -0.05) is 0 Å². The van der Waals surface area contributed by atoms with Gasteiger partial charge in [0.15, 0.2) is 0 Å². The molecule has 5 heteroatoms. The van der Waals surface area contributed by atoms with Crippen LogP contribution in [0.1, 0.15) is 16.8 Å².